The van der Waals surface area contributed by atoms with Gasteiger partial charge in [-0.3, -0.25) is 0 Å². The molecule has 2 aromatic rings. The van der Waals surface area contributed by atoms with Gasteiger partial charge in [0.05, 0.1) is 0 Å². The Hall–Kier alpha value is -1.72. The second-order valence-electron chi connectivity index (χ2n) is 3.07. The summed E-state index contributed by atoms with van der Waals surface area (Å²) in [6.07, 6.45) is 3.33. The summed E-state index contributed by atoms with van der Waals surface area (Å²) in [5, 5.41) is 17.8. The molecule has 1 aromatic heterocycles. The van der Waals surface area contributed by atoms with Crippen LogP contribution in [-0.2, 0) is 0 Å². The van der Waals surface area contributed by atoms with E-state index in [0.29, 0.717) is 11.3 Å². The van der Waals surface area contributed by atoms with E-state index >= 15 is 0 Å². The first-order valence-electron chi connectivity index (χ1n) is 4.51. The molecule has 5 heteroatoms. The second-order valence-corrected chi connectivity index (χ2v) is 3.07. The zero-order chi connectivity index (χ0) is 10.7. The largest absolute Gasteiger partial charge is 0.488 e. The van der Waals surface area contributed by atoms with Crippen LogP contribution in [0.1, 0.15) is 0 Å². The molecule has 74 valence electrons. The topological polar surface area (TPSA) is 66.2 Å². The van der Waals surface area contributed by atoms with Crippen LogP contribution in [0.4, 0.5) is 0 Å². The van der Waals surface area contributed by atoms with E-state index in [-0.39, 0.29) is 0 Å². The Morgan fingerprint density at radius 1 is 0.933 bits per heavy atom. The van der Waals surface area contributed by atoms with Crippen molar-refractivity contribution in [2.75, 3.05) is 0 Å². The van der Waals surface area contributed by atoms with Crippen molar-refractivity contribution in [3.8, 4) is 11.4 Å². The molecule has 0 fully saturated rings. The molecule has 0 amide bonds. The van der Waals surface area contributed by atoms with Crippen LogP contribution >= 0.6 is 0 Å². The molecular formula is C10H9BN2O2. The normalized spacial score (nSPS) is 10.0. The van der Waals surface area contributed by atoms with Crippen LogP contribution in [0.2, 0.25) is 0 Å². The van der Waals surface area contributed by atoms with Crippen molar-refractivity contribution in [2.24, 2.45) is 0 Å². The van der Waals surface area contributed by atoms with Crippen LogP contribution in [0.3, 0.4) is 0 Å². The molecule has 0 aliphatic rings. The Labute approximate surface area is 87.4 Å². The molecule has 15 heavy (non-hydrogen) atoms. The summed E-state index contributed by atoms with van der Waals surface area (Å²) in [5.74, 6) is 0.622. The average Bonchev–Trinajstić information content (AvgIpc) is 2.30. The Morgan fingerprint density at radius 2 is 1.53 bits per heavy atom. The number of rotatable bonds is 2. The predicted octanol–water partition coefficient (Wildman–Crippen LogP) is -0.177. The summed E-state index contributed by atoms with van der Waals surface area (Å²) in [6, 6.07) is 8.52. The van der Waals surface area contributed by atoms with E-state index in [2.05, 4.69) is 9.97 Å². The molecule has 0 spiro atoms. The van der Waals surface area contributed by atoms with Crippen LogP contribution in [0.15, 0.2) is 42.7 Å². The summed E-state index contributed by atoms with van der Waals surface area (Å²) in [7, 11) is -1.43. The third kappa shape index (κ3) is 2.20. The average molecular weight is 200 g/mol. The molecule has 0 radical (unpaired) electrons. The van der Waals surface area contributed by atoms with E-state index in [4.69, 9.17) is 10.0 Å². The van der Waals surface area contributed by atoms with Gasteiger partial charge in [-0.05, 0) is 11.5 Å². The summed E-state index contributed by atoms with van der Waals surface area (Å²) in [5.41, 5.74) is 1.30. The van der Waals surface area contributed by atoms with Gasteiger partial charge in [0.15, 0.2) is 5.82 Å². The van der Waals surface area contributed by atoms with Gasteiger partial charge >= 0.3 is 7.12 Å². The highest BCUT2D eigenvalue weighted by Crippen LogP contribution is 2.11. The molecule has 0 aliphatic heterocycles. The van der Waals surface area contributed by atoms with E-state index in [0.717, 1.165) is 5.56 Å². The van der Waals surface area contributed by atoms with E-state index < -0.39 is 7.12 Å². The molecule has 2 rings (SSSR count). The molecule has 0 saturated heterocycles. The minimum atomic E-state index is -1.43. The number of benzene rings is 1. The third-order valence-corrected chi connectivity index (χ3v) is 2.03. The molecule has 4 nitrogen and oxygen atoms in total. The van der Waals surface area contributed by atoms with Crippen molar-refractivity contribution in [1.82, 2.24) is 9.97 Å². The minimum Gasteiger partial charge on any atom is -0.423 e. The van der Waals surface area contributed by atoms with Gasteiger partial charge in [-0.2, -0.15) is 0 Å². The highest BCUT2D eigenvalue weighted by atomic mass is 16.4. The highest BCUT2D eigenvalue weighted by Gasteiger charge is 2.10. The Kier molecular flexibility index (Phi) is 2.76. The summed E-state index contributed by atoms with van der Waals surface area (Å²) in [6.45, 7) is 0. The van der Waals surface area contributed by atoms with Gasteiger partial charge in [-0.15, -0.1) is 0 Å². The van der Waals surface area contributed by atoms with E-state index in [9.17, 15) is 0 Å². The van der Waals surface area contributed by atoms with Gasteiger partial charge in [0.2, 0.25) is 0 Å². The molecular weight excluding hydrogens is 191 g/mol. The number of aromatic nitrogens is 2. The molecule has 1 aromatic carbocycles. The van der Waals surface area contributed by atoms with Gasteiger partial charge in [-0.25, -0.2) is 9.97 Å². The molecule has 0 unspecified atom stereocenters. The lowest BCUT2D eigenvalue weighted by Gasteiger charge is -2.01. The third-order valence-electron chi connectivity index (χ3n) is 2.03. The van der Waals surface area contributed by atoms with Gasteiger partial charge in [0.25, 0.3) is 0 Å². The SMILES string of the molecule is OB(O)c1ccc(-c2ncccn2)cc1. The van der Waals surface area contributed by atoms with Crippen LogP contribution < -0.4 is 5.46 Å². The molecule has 0 atom stereocenters. The zero-order valence-corrected chi connectivity index (χ0v) is 7.91. The number of hydrogen-bond donors (Lipinski definition) is 2. The van der Waals surface area contributed by atoms with Crippen molar-refractivity contribution in [1.29, 1.82) is 0 Å². The van der Waals surface area contributed by atoms with Crippen molar-refractivity contribution >= 4 is 12.6 Å². The Morgan fingerprint density at radius 3 is 2.07 bits per heavy atom. The first-order valence-corrected chi connectivity index (χ1v) is 4.51. The van der Waals surface area contributed by atoms with Crippen LogP contribution in [0, 0.1) is 0 Å². The minimum absolute atomic E-state index is 0.453. The summed E-state index contributed by atoms with van der Waals surface area (Å²) < 4.78 is 0. The molecule has 0 aliphatic carbocycles. The van der Waals surface area contributed by atoms with Gasteiger partial charge in [0.1, 0.15) is 0 Å². The zero-order valence-electron chi connectivity index (χ0n) is 7.91. The summed E-state index contributed by atoms with van der Waals surface area (Å²) >= 11 is 0. The molecule has 0 saturated carbocycles. The maximum absolute atomic E-state index is 8.91. The lowest BCUT2D eigenvalue weighted by molar-refractivity contribution is 0.426. The lowest BCUT2D eigenvalue weighted by atomic mass is 9.80. The fraction of sp³-hybridized carbons (Fsp3) is 0. The molecule has 2 N–H and O–H groups in total. The highest BCUT2D eigenvalue weighted by molar-refractivity contribution is 6.58. The maximum atomic E-state index is 8.91. The first kappa shape index (κ1) is 9.83. The number of hydrogen-bond acceptors (Lipinski definition) is 4. The first-order chi connectivity index (χ1) is 7.27. The van der Waals surface area contributed by atoms with Crippen molar-refractivity contribution in [3.05, 3.63) is 42.7 Å². The predicted molar refractivity (Wildman–Crippen MR) is 57.3 cm³/mol. The van der Waals surface area contributed by atoms with Crippen molar-refractivity contribution < 1.29 is 10.0 Å². The van der Waals surface area contributed by atoms with Crippen LogP contribution in [0.25, 0.3) is 11.4 Å². The van der Waals surface area contributed by atoms with E-state index in [1.165, 1.54) is 0 Å². The number of nitrogens with zero attached hydrogens (tertiary/aromatic N) is 2. The maximum Gasteiger partial charge on any atom is 0.488 e. The van der Waals surface area contributed by atoms with E-state index in [1.807, 2.05) is 0 Å². The van der Waals surface area contributed by atoms with Crippen molar-refractivity contribution in [3.63, 3.8) is 0 Å². The lowest BCUT2D eigenvalue weighted by Crippen LogP contribution is -2.29. The smallest absolute Gasteiger partial charge is 0.423 e. The van der Waals surface area contributed by atoms with Gasteiger partial charge in [-0.1, -0.05) is 24.3 Å². The van der Waals surface area contributed by atoms with Crippen LogP contribution in [-0.4, -0.2) is 27.1 Å². The Bertz CT molecular complexity index is 431. The fourth-order valence-corrected chi connectivity index (χ4v) is 1.25. The van der Waals surface area contributed by atoms with Gasteiger partial charge in [0, 0.05) is 18.0 Å². The van der Waals surface area contributed by atoms with Crippen LogP contribution in [0.5, 0.6) is 0 Å². The fourth-order valence-electron chi connectivity index (χ4n) is 1.25. The second kappa shape index (κ2) is 4.21. The molecule has 1 heterocycles. The summed E-state index contributed by atoms with van der Waals surface area (Å²) in [4.78, 5) is 8.17. The molecule has 0 bridgehead atoms. The quantitative estimate of drug-likeness (QED) is 0.660. The monoisotopic (exact) mass is 200 g/mol. The Balaban J connectivity index is 2.32. The van der Waals surface area contributed by atoms with Crippen molar-refractivity contribution in [2.45, 2.75) is 0 Å². The van der Waals surface area contributed by atoms with E-state index in [1.54, 1.807) is 42.7 Å². The van der Waals surface area contributed by atoms with Gasteiger partial charge < -0.3 is 10.0 Å². The standard InChI is InChI=1S/C10H9BN2O2/c14-11(15)9-4-2-8(3-5-9)10-12-6-1-7-13-10/h1-7,14-15H.